The average Bonchev–Trinajstić information content (AvgIpc) is 2.27. The van der Waals surface area contributed by atoms with Gasteiger partial charge < -0.3 is 15.5 Å². The second-order valence-corrected chi connectivity index (χ2v) is 4.44. The number of likely N-dealkylation sites (N-methyl/N-ethyl adjacent to an activating group) is 1. The van der Waals surface area contributed by atoms with Crippen LogP contribution in [0.5, 0.6) is 0 Å². The van der Waals surface area contributed by atoms with Crippen molar-refractivity contribution >= 4 is 11.7 Å². The first-order valence-corrected chi connectivity index (χ1v) is 5.73. The molecule has 1 aromatic heterocycles. The van der Waals surface area contributed by atoms with Gasteiger partial charge >= 0.3 is 0 Å². The minimum Gasteiger partial charge on any atom is -0.372 e. The first-order valence-electron chi connectivity index (χ1n) is 5.73. The molecule has 0 aliphatic rings. The van der Waals surface area contributed by atoms with Crippen LogP contribution in [0.25, 0.3) is 0 Å². The molecule has 0 spiro atoms. The number of pyridine rings is 1. The molecule has 1 atom stereocenters. The van der Waals surface area contributed by atoms with Crippen molar-refractivity contribution in [3.63, 3.8) is 0 Å². The minimum atomic E-state index is -0.528. The summed E-state index contributed by atoms with van der Waals surface area (Å²) in [5.41, 5.74) is 0.211. The summed E-state index contributed by atoms with van der Waals surface area (Å²) < 4.78 is 13.1. The Balaban J connectivity index is 2.80. The third-order valence-corrected chi connectivity index (χ3v) is 2.35. The van der Waals surface area contributed by atoms with E-state index in [1.807, 2.05) is 25.9 Å². The van der Waals surface area contributed by atoms with Crippen molar-refractivity contribution < 1.29 is 9.18 Å². The molecule has 5 nitrogen and oxygen atoms in total. The Hall–Kier alpha value is -1.69. The van der Waals surface area contributed by atoms with Gasteiger partial charge in [-0.15, -0.1) is 0 Å². The lowest BCUT2D eigenvalue weighted by molar-refractivity contribution is 0.0934. The van der Waals surface area contributed by atoms with Crippen molar-refractivity contribution in [1.82, 2.24) is 15.2 Å². The Morgan fingerprint density at radius 3 is 2.78 bits per heavy atom. The Bertz CT molecular complexity index is 423. The lowest BCUT2D eigenvalue weighted by Crippen LogP contribution is -2.39. The largest absolute Gasteiger partial charge is 0.372 e. The summed E-state index contributed by atoms with van der Waals surface area (Å²) in [7, 11) is 5.48. The number of nitrogens with zero attached hydrogens (tertiary/aromatic N) is 2. The lowest BCUT2D eigenvalue weighted by atomic mass is 10.2. The molecule has 1 aromatic rings. The molecule has 1 heterocycles. The summed E-state index contributed by atoms with van der Waals surface area (Å²) >= 11 is 0. The van der Waals surface area contributed by atoms with E-state index in [-0.39, 0.29) is 17.5 Å². The van der Waals surface area contributed by atoms with Crippen LogP contribution >= 0.6 is 0 Å². The molecule has 0 fully saturated rings. The van der Waals surface area contributed by atoms with Gasteiger partial charge in [0.05, 0.1) is 11.8 Å². The van der Waals surface area contributed by atoms with E-state index in [1.165, 1.54) is 6.07 Å². The monoisotopic (exact) mass is 254 g/mol. The number of carbonyl (C=O) groups is 1. The first-order chi connectivity index (χ1) is 8.43. The van der Waals surface area contributed by atoms with E-state index in [0.29, 0.717) is 12.4 Å². The van der Waals surface area contributed by atoms with Gasteiger partial charge in [-0.1, -0.05) is 0 Å². The lowest BCUT2D eigenvalue weighted by Gasteiger charge is -2.18. The fourth-order valence-corrected chi connectivity index (χ4v) is 1.71. The maximum absolute atomic E-state index is 13.1. The van der Waals surface area contributed by atoms with Crippen molar-refractivity contribution in [3.05, 3.63) is 23.6 Å². The van der Waals surface area contributed by atoms with Crippen molar-refractivity contribution in [2.24, 2.45) is 0 Å². The van der Waals surface area contributed by atoms with E-state index >= 15 is 0 Å². The highest BCUT2D eigenvalue weighted by atomic mass is 19.1. The van der Waals surface area contributed by atoms with Gasteiger partial charge in [-0.3, -0.25) is 4.79 Å². The number of anilines is 1. The molecule has 1 unspecified atom stereocenters. The normalized spacial score (nSPS) is 12.3. The van der Waals surface area contributed by atoms with Crippen molar-refractivity contribution in [2.75, 3.05) is 33.0 Å². The predicted octanol–water partition coefficient (Wildman–Crippen LogP) is 0.942. The Kier molecular flexibility index (Phi) is 5.03. The van der Waals surface area contributed by atoms with Gasteiger partial charge in [0.25, 0.3) is 5.91 Å². The number of aromatic nitrogens is 1. The van der Waals surface area contributed by atoms with Crippen molar-refractivity contribution in [2.45, 2.75) is 13.0 Å². The Morgan fingerprint density at radius 1 is 1.56 bits per heavy atom. The molecule has 6 heteroatoms. The second-order valence-electron chi connectivity index (χ2n) is 4.44. The van der Waals surface area contributed by atoms with Crippen LogP contribution in [0.2, 0.25) is 0 Å². The molecule has 100 valence electrons. The van der Waals surface area contributed by atoms with Gasteiger partial charge in [0.1, 0.15) is 11.6 Å². The summed E-state index contributed by atoms with van der Waals surface area (Å²) in [6.45, 7) is 2.60. The smallest absolute Gasteiger partial charge is 0.255 e. The molecule has 0 aliphatic heterocycles. The molecule has 0 saturated carbocycles. The van der Waals surface area contributed by atoms with Crippen LogP contribution in [0, 0.1) is 5.82 Å². The molecule has 0 bridgehead atoms. The molecule has 0 aliphatic carbocycles. The number of halogens is 1. The van der Waals surface area contributed by atoms with Crippen molar-refractivity contribution in [1.29, 1.82) is 0 Å². The van der Waals surface area contributed by atoms with Crippen LogP contribution in [0.15, 0.2) is 12.3 Å². The van der Waals surface area contributed by atoms with Gasteiger partial charge in [-0.05, 0) is 27.1 Å². The van der Waals surface area contributed by atoms with Crippen LogP contribution in [-0.4, -0.2) is 49.5 Å². The number of hydrogen-bond donors (Lipinski definition) is 2. The van der Waals surface area contributed by atoms with Gasteiger partial charge in [0.15, 0.2) is 0 Å². The summed E-state index contributed by atoms with van der Waals surface area (Å²) in [5.74, 6) is -0.494. The molecule has 0 radical (unpaired) electrons. The van der Waals surface area contributed by atoms with E-state index in [2.05, 4.69) is 15.6 Å². The third-order valence-electron chi connectivity index (χ3n) is 2.35. The summed E-state index contributed by atoms with van der Waals surface area (Å²) in [6, 6.07) is 1.15. The maximum Gasteiger partial charge on any atom is 0.255 e. The van der Waals surface area contributed by atoms with E-state index in [4.69, 9.17) is 0 Å². The predicted molar refractivity (Wildman–Crippen MR) is 69.2 cm³/mol. The standard InChI is InChI=1S/C12H19FN4O/c1-8(7-17(3)4)16-12(18)10-5-9(13)6-15-11(10)14-2/h5-6,8H,7H2,1-4H3,(H,14,15)(H,16,18). The molecule has 1 amide bonds. The third kappa shape index (κ3) is 3.96. The summed E-state index contributed by atoms with van der Waals surface area (Å²) in [5, 5.41) is 5.57. The summed E-state index contributed by atoms with van der Waals surface area (Å²) in [6.07, 6.45) is 1.08. The highest BCUT2D eigenvalue weighted by molar-refractivity contribution is 5.98. The van der Waals surface area contributed by atoms with Crippen LogP contribution in [0.1, 0.15) is 17.3 Å². The average molecular weight is 254 g/mol. The summed E-state index contributed by atoms with van der Waals surface area (Å²) in [4.78, 5) is 17.8. The number of amides is 1. The second kappa shape index (κ2) is 6.30. The highest BCUT2D eigenvalue weighted by Gasteiger charge is 2.15. The fraction of sp³-hybridized carbons (Fsp3) is 0.500. The zero-order chi connectivity index (χ0) is 13.7. The number of hydrogen-bond acceptors (Lipinski definition) is 4. The number of nitrogens with one attached hydrogen (secondary N) is 2. The van der Waals surface area contributed by atoms with E-state index in [1.54, 1.807) is 7.05 Å². The highest BCUT2D eigenvalue weighted by Crippen LogP contribution is 2.12. The Morgan fingerprint density at radius 2 is 2.22 bits per heavy atom. The van der Waals surface area contributed by atoms with Gasteiger partial charge in [-0.2, -0.15) is 0 Å². The molecule has 1 rings (SSSR count). The molecule has 0 aromatic carbocycles. The molecular weight excluding hydrogens is 235 g/mol. The van der Waals surface area contributed by atoms with E-state index in [9.17, 15) is 9.18 Å². The number of rotatable bonds is 5. The van der Waals surface area contributed by atoms with Crippen LogP contribution in [0.4, 0.5) is 10.2 Å². The SMILES string of the molecule is CNc1ncc(F)cc1C(=O)NC(C)CN(C)C. The van der Waals surface area contributed by atoms with Crippen LogP contribution < -0.4 is 10.6 Å². The molecule has 0 saturated heterocycles. The molecule has 2 N–H and O–H groups in total. The van der Waals surface area contributed by atoms with Crippen LogP contribution in [0.3, 0.4) is 0 Å². The number of carbonyl (C=O) groups excluding carboxylic acids is 1. The van der Waals surface area contributed by atoms with Gasteiger partial charge in [0.2, 0.25) is 0 Å². The first kappa shape index (κ1) is 14.4. The fourth-order valence-electron chi connectivity index (χ4n) is 1.71. The maximum atomic E-state index is 13.1. The van der Waals surface area contributed by atoms with Gasteiger partial charge in [0, 0.05) is 19.6 Å². The van der Waals surface area contributed by atoms with Gasteiger partial charge in [-0.25, -0.2) is 9.37 Å². The minimum absolute atomic E-state index is 0.0273. The van der Waals surface area contributed by atoms with Crippen LogP contribution in [-0.2, 0) is 0 Å². The van der Waals surface area contributed by atoms with E-state index < -0.39 is 5.82 Å². The zero-order valence-corrected chi connectivity index (χ0v) is 11.1. The molecule has 18 heavy (non-hydrogen) atoms. The van der Waals surface area contributed by atoms with Crippen molar-refractivity contribution in [3.8, 4) is 0 Å². The quantitative estimate of drug-likeness (QED) is 0.821. The Labute approximate surface area is 106 Å². The molecular formula is C12H19FN4O. The zero-order valence-electron chi connectivity index (χ0n) is 11.1. The van der Waals surface area contributed by atoms with E-state index in [0.717, 1.165) is 6.20 Å². The topological polar surface area (TPSA) is 57.3 Å².